The summed E-state index contributed by atoms with van der Waals surface area (Å²) in [7, 11) is 0. The lowest BCUT2D eigenvalue weighted by Crippen LogP contribution is -2.63. The fourth-order valence-electron chi connectivity index (χ4n) is 4.18. The van der Waals surface area contributed by atoms with Gasteiger partial charge in [-0.05, 0) is 38.0 Å². The van der Waals surface area contributed by atoms with Gasteiger partial charge in [0.2, 0.25) is 0 Å². The SMILES string of the molecule is CCOC12CC3CC(CC(CO)(C3)O1)C2. The lowest BCUT2D eigenvalue weighted by Gasteiger charge is -2.60. The Hall–Kier alpha value is -0.120. The zero-order valence-corrected chi connectivity index (χ0v) is 9.37. The van der Waals surface area contributed by atoms with Crippen LogP contribution in [0.25, 0.3) is 0 Å². The Kier molecular flexibility index (Phi) is 2.14. The molecule has 4 fully saturated rings. The maximum absolute atomic E-state index is 9.53. The first kappa shape index (κ1) is 10.1. The van der Waals surface area contributed by atoms with Crippen LogP contribution in [0.3, 0.4) is 0 Å². The smallest absolute Gasteiger partial charge is 0.169 e. The Balaban J connectivity index is 1.88. The molecule has 2 aliphatic heterocycles. The second kappa shape index (κ2) is 3.19. The molecule has 4 rings (SSSR count). The maximum atomic E-state index is 9.53. The minimum absolute atomic E-state index is 0.162. The molecule has 4 aliphatic rings. The highest BCUT2D eigenvalue weighted by atomic mass is 16.7. The molecule has 3 heteroatoms. The third-order valence-corrected chi connectivity index (χ3v) is 4.29. The standard InChI is InChI=1S/C12H20O3/c1-2-14-12-6-9-3-10(7-12)5-11(4-9,8-13)15-12/h9-10,13H,2-8H2,1H3. The largest absolute Gasteiger partial charge is 0.393 e. The van der Waals surface area contributed by atoms with Crippen molar-refractivity contribution in [2.75, 3.05) is 13.2 Å². The first-order valence-electron chi connectivity index (χ1n) is 6.14. The van der Waals surface area contributed by atoms with E-state index in [4.69, 9.17) is 9.47 Å². The average Bonchev–Trinajstić information content (AvgIpc) is 2.15. The van der Waals surface area contributed by atoms with E-state index in [9.17, 15) is 5.11 Å². The van der Waals surface area contributed by atoms with E-state index in [0.29, 0.717) is 18.4 Å². The zero-order valence-electron chi connectivity index (χ0n) is 9.37. The molecule has 0 radical (unpaired) electrons. The van der Waals surface area contributed by atoms with E-state index in [1.165, 1.54) is 6.42 Å². The molecule has 0 amide bonds. The summed E-state index contributed by atoms with van der Waals surface area (Å²) < 4.78 is 12.0. The molecule has 2 unspecified atom stereocenters. The lowest BCUT2D eigenvalue weighted by molar-refractivity contribution is -0.374. The van der Waals surface area contributed by atoms with Crippen LogP contribution in [-0.4, -0.2) is 29.7 Å². The van der Waals surface area contributed by atoms with E-state index < -0.39 is 0 Å². The predicted molar refractivity (Wildman–Crippen MR) is 55.3 cm³/mol. The summed E-state index contributed by atoms with van der Waals surface area (Å²) in [4.78, 5) is 0. The molecule has 15 heavy (non-hydrogen) atoms. The molecular weight excluding hydrogens is 192 g/mol. The van der Waals surface area contributed by atoms with Gasteiger partial charge in [0.15, 0.2) is 5.79 Å². The summed E-state index contributed by atoms with van der Waals surface area (Å²) in [6, 6.07) is 0. The topological polar surface area (TPSA) is 38.7 Å². The Morgan fingerprint density at radius 3 is 2.47 bits per heavy atom. The van der Waals surface area contributed by atoms with E-state index in [2.05, 4.69) is 0 Å². The molecule has 2 atom stereocenters. The second-order valence-corrected chi connectivity index (χ2v) is 5.57. The van der Waals surface area contributed by atoms with E-state index in [-0.39, 0.29) is 18.0 Å². The molecule has 0 aromatic rings. The number of hydrogen-bond acceptors (Lipinski definition) is 3. The molecule has 86 valence electrons. The van der Waals surface area contributed by atoms with Crippen LogP contribution in [0.4, 0.5) is 0 Å². The highest BCUT2D eigenvalue weighted by molar-refractivity contribution is 5.04. The Morgan fingerprint density at radius 1 is 1.27 bits per heavy atom. The fraction of sp³-hybridized carbons (Fsp3) is 1.00. The Morgan fingerprint density at radius 2 is 1.93 bits per heavy atom. The molecule has 0 aromatic carbocycles. The zero-order chi connectivity index (χ0) is 10.5. The van der Waals surface area contributed by atoms with Crippen LogP contribution >= 0.6 is 0 Å². The van der Waals surface area contributed by atoms with Gasteiger partial charge in [0.25, 0.3) is 0 Å². The molecule has 3 nitrogen and oxygen atoms in total. The summed E-state index contributed by atoms with van der Waals surface area (Å²) >= 11 is 0. The third kappa shape index (κ3) is 1.44. The van der Waals surface area contributed by atoms with Crippen LogP contribution in [0.2, 0.25) is 0 Å². The third-order valence-electron chi connectivity index (χ3n) is 4.29. The van der Waals surface area contributed by atoms with Gasteiger partial charge in [-0.25, -0.2) is 0 Å². The van der Waals surface area contributed by atoms with Gasteiger partial charge < -0.3 is 14.6 Å². The van der Waals surface area contributed by atoms with Crippen molar-refractivity contribution >= 4 is 0 Å². The lowest BCUT2D eigenvalue weighted by atomic mass is 9.61. The Bertz CT molecular complexity index is 250. The van der Waals surface area contributed by atoms with E-state index in [1.807, 2.05) is 6.92 Å². The van der Waals surface area contributed by atoms with Crippen molar-refractivity contribution in [2.45, 2.75) is 50.4 Å². The van der Waals surface area contributed by atoms with Crippen LogP contribution < -0.4 is 0 Å². The van der Waals surface area contributed by atoms with Crippen molar-refractivity contribution < 1.29 is 14.6 Å². The van der Waals surface area contributed by atoms with E-state index in [0.717, 1.165) is 25.7 Å². The van der Waals surface area contributed by atoms with Gasteiger partial charge in [-0.3, -0.25) is 0 Å². The van der Waals surface area contributed by atoms with Crippen LogP contribution in [0.1, 0.15) is 39.0 Å². The van der Waals surface area contributed by atoms with Crippen molar-refractivity contribution in [1.82, 2.24) is 0 Å². The van der Waals surface area contributed by atoms with Crippen molar-refractivity contribution in [3.05, 3.63) is 0 Å². The van der Waals surface area contributed by atoms with Gasteiger partial charge in [0.1, 0.15) is 0 Å². The summed E-state index contributed by atoms with van der Waals surface area (Å²) in [6.45, 7) is 2.89. The van der Waals surface area contributed by atoms with Crippen LogP contribution in [-0.2, 0) is 9.47 Å². The summed E-state index contributed by atoms with van der Waals surface area (Å²) in [5, 5.41) is 9.53. The van der Waals surface area contributed by atoms with E-state index >= 15 is 0 Å². The predicted octanol–water partition coefficient (Wildman–Crippen LogP) is 1.69. The van der Waals surface area contributed by atoms with Crippen LogP contribution in [0, 0.1) is 11.8 Å². The van der Waals surface area contributed by atoms with Gasteiger partial charge in [0.05, 0.1) is 12.2 Å². The maximum Gasteiger partial charge on any atom is 0.169 e. The molecular formula is C12H20O3. The molecule has 2 heterocycles. The van der Waals surface area contributed by atoms with E-state index in [1.54, 1.807) is 0 Å². The molecule has 2 aliphatic carbocycles. The highest BCUT2D eigenvalue weighted by Gasteiger charge is 2.59. The number of hydrogen-bond donors (Lipinski definition) is 1. The van der Waals surface area contributed by atoms with Crippen LogP contribution in [0.5, 0.6) is 0 Å². The van der Waals surface area contributed by atoms with Gasteiger partial charge in [-0.2, -0.15) is 0 Å². The van der Waals surface area contributed by atoms with Crippen LogP contribution in [0.15, 0.2) is 0 Å². The van der Waals surface area contributed by atoms with Crippen molar-refractivity contribution in [3.8, 4) is 0 Å². The van der Waals surface area contributed by atoms with Crippen molar-refractivity contribution in [1.29, 1.82) is 0 Å². The van der Waals surface area contributed by atoms with Gasteiger partial charge in [0, 0.05) is 19.4 Å². The monoisotopic (exact) mass is 212 g/mol. The number of aliphatic hydroxyl groups excluding tert-OH is 1. The minimum atomic E-state index is -0.346. The van der Waals surface area contributed by atoms with Gasteiger partial charge in [-0.15, -0.1) is 0 Å². The first-order chi connectivity index (χ1) is 7.19. The molecule has 2 saturated heterocycles. The Labute approximate surface area is 90.8 Å². The number of aliphatic hydroxyl groups is 1. The average molecular weight is 212 g/mol. The molecule has 0 aromatic heterocycles. The minimum Gasteiger partial charge on any atom is -0.393 e. The van der Waals surface area contributed by atoms with Crippen molar-refractivity contribution in [3.63, 3.8) is 0 Å². The molecule has 2 saturated carbocycles. The molecule has 0 spiro atoms. The summed E-state index contributed by atoms with van der Waals surface area (Å²) in [6.07, 6.45) is 5.47. The van der Waals surface area contributed by atoms with Gasteiger partial charge >= 0.3 is 0 Å². The molecule has 1 N–H and O–H groups in total. The van der Waals surface area contributed by atoms with Gasteiger partial charge in [-0.1, -0.05) is 0 Å². The summed E-state index contributed by atoms with van der Waals surface area (Å²) in [5.74, 6) is 1.08. The highest BCUT2D eigenvalue weighted by Crippen LogP contribution is 2.57. The normalized spacial score (nSPS) is 52.4. The van der Waals surface area contributed by atoms with Crippen molar-refractivity contribution in [2.24, 2.45) is 11.8 Å². The summed E-state index contributed by atoms with van der Waals surface area (Å²) in [5.41, 5.74) is -0.265. The first-order valence-corrected chi connectivity index (χ1v) is 6.14. The number of rotatable bonds is 3. The molecule has 4 bridgehead atoms. The quantitative estimate of drug-likeness (QED) is 0.773. The second-order valence-electron chi connectivity index (χ2n) is 5.57. The number of ether oxygens (including phenoxy) is 2. The fourth-order valence-corrected chi connectivity index (χ4v) is 4.18.